The van der Waals surface area contributed by atoms with Crippen molar-refractivity contribution >= 4 is 0 Å². The standard InChI is InChI=1S/C11H17N.C2H6/c1-4-5-6-11-7-10(3)12-8-9(11)2;1-2/h7-8H,4-6H2,1-3H3;1-2H3. The number of aromatic nitrogens is 1. The Bertz CT molecular complexity index is 253. The molecule has 0 aliphatic heterocycles. The molecule has 0 unspecified atom stereocenters. The smallest absolute Gasteiger partial charge is 0.0375 e. The molecule has 0 aliphatic carbocycles. The van der Waals surface area contributed by atoms with Crippen LogP contribution in [-0.4, -0.2) is 4.98 Å². The van der Waals surface area contributed by atoms with Gasteiger partial charge in [-0.2, -0.15) is 0 Å². The Morgan fingerprint density at radius 1 is 1.21 bits per heavy atom. The molecule has 0 aliphatic rings. The van der Waals surface area contributed by atoms with Crippen molar-refractivity contribution in [1.29, 1.82) is 0 Å². The summed E-state index contributed by atoms with van der Waals surface area (Å²) in [6.45, 7) is 10.4. The zero-order valence-electron chi connectivity index (χ0n) is 10.2. The van der Waals surface area contributed by atoms with Crippen LogP contribution < -0.4 is 0 Å². The van der Waals surface area contributed by atoms with Crippen LogP contribution in [0.3, 0.4) is 0 Å². The van der Waals surface area contributed by atoms with E-state index < -0.39 is 0 Å². The van der Waals surface area contributed by atoms with Gasteiger partial charge in [0, 0.05) is 11.9 Å². The summed E-state index contributed by atoms with van der Waals surface area (Å²) < 4.78 is 0. The second-order valence-electron chi connectivity index (χ2n) is 3.36. The second kappa shape index (κ2) is 7.54. The Labute approximate surface area is 88.6 Å². The van der Waals surface area contributed by atoms with Gasteiger partial charge in [0.15, 0.2) is 0 Å². The molecule has 0 bridgehead atoms. The van der Waals surface area contributed by atoms with Gasteiger partial charge in [-0.05, 0) is 43.9 Å². The molecular formula is C13H23N. The lowest BCUT2D eigenvalue weighted by molar-refractivity contribution is 0.788. The molecule has 80 valence electrons. The monoisotopic (exact) mass is 193 g/mol. The molecule has 1 heteroatoms. The fraction of sp³-hybridized carbons (Fsp3) is 0.615. The van der Waals surface area contributed by atoms with Gasteiger partial charge in [0.05, 0.1) is 0 Å². The van der Waals surface area contributed by atoms with Gasteiger partial charge in [0.2, 0.25) is 0 Å². The van der Waals surface area contributed by atoms with Crippen molar-refractivity contribution in [3.05, 3.63) is 29.1 Å². The van der Waals surface area contributed by atoms with Crippen molar-refractivity contribution in [2.45, 2.75) is 53.9 Å². The first-order chi connectivity index (χ1) is 6.74. The average Bonchev–Trinajstić information content (AvgIpc) is 2.22. The van der Waals surface area contributed by atoms with Gasteiger partial charge in [0.25, 0.3) is 0 Å². The minimum absolute atomic E-state index is 1.13. The lowest BCUT2D eigenvalue weighted by Gasteiger charge is -2.04. The first kappa shape index (κ1) is 13.2. The van der Waals surface area contributed by atoms with Gasteiger partial charge in [-0.25, -0.2) is 0 Å². The molecule has 1 nitrogen and oxygen atoms in total. The molecule has 1 rings (SSSR count). The van der Waals surface area contributed by atoms with Crippen molar-refractivity contribution in [3.8, 4) is 0 Å². The number of unbranched alkanes of at least 4 members (excludes halogenated alkanes) is 1. The van der Waals surface area contributed by atoms with E-state index in [-0.39, 0.29) is 0 Å². The highest BCUT2D eigenvalue weighted by atomic mass is 14.7. The topological polar surface area (TPSA) is 12.9 Å². The highest BCUT2D eigenvalue weighted by Crippen LogP contribution is 2.11. The first-order valence-electron chi connectivity index (χ1n) is 5.66. The third-order valence-electron chi connectivity index (χ3n) is 2.15. The molecule has 0 saturated heterocycles. The van der Waals surface area contributed by atoms with Crippen LogP contribution in [0.4, 0.5) is 0 Å². The van der Waals surface area contributed by atoms with Crippen LogP contribution in [0.15, 0.2) is 12.3 Å². The molecule has 0 saturated carbocycles. The Hall–Kier alpha value is -0.850. The fourth-order valence-corrected chi connectivity index (χ4v) is 1.32. The maximum Gasteiger partial charge on any atom is 0.0375 e. The third kappa shape index (κ3) is 4.40. The molecule has 0 aromatic carbocycles. The highest BCUT2D eigenvalue weighted by Gasteiger charge is 1.97. The van der Waals surface area contributed by atoms with E-state index in [0.29, 0.717) is 0 Å². The van der Waals surface area contributed by atoms with Crippen LogP contribution in [0.25, 0.3) is 0 Å². The van der Waals surface area contributed by atoms with Gasteiger partial charge in [-0.1, -0.05) is 27.2 Å². The number of nitrogens with zero attached hydrogens (tertiary/aromatic N) is 1. The van der Waals surface area contributed by atoms with Gasteiger partial charge >= 0.3 is 0 Å². The largest absolute Gasteiger partial charge is 0.261 e. The Balaban J connectivity index is 0.000000791. The van der Waals surface area contributed by atoms with Gasteiger partial charge in [-0.3, -0.25) is 4.98 Å². The molecule has 0 N–H and O–H groups in total. The predicted molar refractivity (Wildman–Crippen MR) is 63.7 cm³/mol. The van der Waals surface area contributed by atoms with Crippen molar-refractivity contribution in [2.24, 2.45) is 0 Å². The number of hydrogen-bond donors (Lipinski definition) is 0. The van der Waals surface area contributed by atoms with Crippen LogP contribution in [-0.2, 0) is 6.42 Å². The van der Waals surface area contributed by atoms with E-state index in [2.05, 4.69) is 31.8 Å². The van der Waals surface area contributed by atoms with E-state index in [4.69, 9.17) is 0 Å². The van der Waals surface area contributed by atoms with E-state index >= 15 is 0 Å². The fourth-order valence-electron chi connectivity index (χ4n) is 1.32. The van der Waals surface area contributed by atoms with Crippen LogP contribution in [0.5, 0.6) is 0 Å². The third-order valence-corrected chi connectivity index (χ3v) is 2.15. The molecule has 0 amide bonds. The predicted octanol–water partition coefficient (Wildman–Crippen LogP) is 4.07. The van der Waals surface area contributed by atoms with Crippen LogP contribution in [0.1, 0.15) is 50.4 Å². The normalized spacial score (nSPS) is 9.21. The molecular weight excluding hydrogens is 170 g/mol. The maximum atomic E-state index is 4.25. The quantitative estimate of drug-likeness (QED) is 0.705. The zero-order valence-corrected chi connectivity index (χ0v) is 10.2. The van der Waals surface area contributed by atoms with E-state index in [1.807, 2.05) is 20.0 Å². The van der Waals surface area contributed by atoms with E-state index in [0.717, 1.165) is 5.69 Å². The Morgan fingerprint density at radius 3 is 2.43 bits per heavy atom. The van der Waals surface area contributed by atoms with Gasteiger partial charge < -0.3 is 0 Å². The summed E-state index contributed by atoms with van der Waals surface area (Å²) in [5.74, 6) is 0. The minimum Gasteiger partial charge on any atom is -0.261 e. The summed E-state index contributed by atoms with van der Waals surface area (Å²) in [5.41, 5.74) is 3.92. The molecule has 1 heterocycles. The van der Waals surface area contributed by atoms with Crippen molar-refractivity contribution in [2.75, 3.05) is 0 Å². The summed E-state index contributed by atoms with van der Waals surface area (Å²) in [6.07, 6.45) is 5.72. The Morgan fingerprint density at radius 2 is 1.86 bits per heavy atom. The molecule has 0 fully saturated rings. The number of rotatable bonds is 3. The summed E-state index contributed by atoms with van der Waals surface area (Å²) in [5, 5.41) is 0. The summed E-state index contributed by atoms with van der Waals surface area (Å²) in [7, 11) is 0. The van der Waals surface area contributed by atoms with Gasteiger partial charge in [0.1, 0.15) is 0 Å². The van der Waals surface area contributed by atoms with Crippen LogP contribution in [0.2, 0.25) is 0 Å². The lowest BCUT2D eigenvalue weighted by Crippen LogP contribution is -1.92. The van der Waals surface area contributed by atoms with E-state index in [1.165, 1.54) is 30.4 Å². The summed E-state index contributed by atoms with van der Waals surface area (Å²) in [6, 6.07) is 2.20. The molecule has 1 aromatic rings. The SMILES string of the molecule is CC.CCCCc1cc(C)ncc1C. The lowest BCUT2D eigenvalue weighted by atomic mass is 10.0. The minimum atomic E-state index is 1.13. The molecule has 0 spiro atoms. The van der Waals surface area contributed by atoms with Crippen LogP contribution >= 0.6 is 0 Å². The zero-order chi connectivity index (χ0) is 11.0. The van der Waals surface area contributed by atoms with Gasteiger partial charge in [-0.15, -0.1) is 0 Å². The average molecular weight is 193 g/mol. The van der Waals surface area contributed by atoms with Crippen molar-refractivity contribution in [3.63, 3.8) is 0 Å². The second-order valence-corrected chi connectivity index (χ2v) is 3.36. The number of pyridine rings is 1. The molecule has 14 heavy (non-hydrogen) atoms. The Kier molecular flexibility index (Phi) is 7.09. The van der Waals surface area contributed by atoms with E-state index in [9.17, 15) is 0 Å². The van der Waals surface area contributed by atoms with Crippen molar-refractivity contribution < 1.29 is 0 Å². The number of hydrogen-bond acceptors (Lipinski definition) is 1. The van der Waals surface area contributed by atoms with Crippen LogP contribution in [0, 0.1) is 13.8 Å². The summed E-state index contributed by atoms with van der Waals surface area (Å²) in [4.78, 5) is 4.25. The summed E-state index contributed by atoms with van der Waals surface area (Å²) >= 11 is 0. The number of aryl methyl sites for hydroxylation is 3. The highest BCUT2D eigenvalue weighted by molar-refractivity contribution is 5.24. The maximum absolute atomic E-state index is 4.25. The van der Waals surface area contributed by atoms with E-state index in [1.54, 1.807) is 0 Å². The molecule has 1 aromatic heterocycles. The molecule has 0 radical (unpaired) electrons. The molecule has 0 atom stereocenters. The first-order valence-corrected chi connectivity index (χ1v) is 5.66. The van der Waals surface area contributed by atoms with Crippen molar-refractivity contribution in [1.82, 2.24) is 4.98 Å².